The molecule has 0 amide bonds. The lowest BCUT2D eigenvalue weighted by atomic mass is 9.96. The molecule has 0 saturated carbocycles. The lowest BCUT2D eigenvalue weighted by Gasteiger charge is -2.48. The van der Waals surface area contributed by atoms with Gasteiger partial charge in [0.2, 0.25) is 0 Å². The molecule has 3 aliphatic heterocycles. The first-order chi connectivity index (χ1) is 19.9. The standard InChI is InChI=1S/C25H44O17/c1-10-14(30)17(33)19(35)23(38-10)42-22-21(41-24-20(36)18(34)15(31)11(8-26)39-24)16(32)12(9-27)40-25(22)37-7-5-3-2-4-6-13(28)29/h10-12,14-27,30-36H,2-9H2,1H3,(H,28,29)/t10?,11?,12?,14-,15+,16+,17+,18+,19?,20?,21+,22?,23+,24-,25-/m1/s1. The van der Waals surface area contributed by atoms with Gasteiger partial charge in [-0.1, -0.05) is 12.8 Å². The number of rotatable bonds is 14. The van der Waals surface area contributed by atoms with E-state index in [0.29, 0.717) is 25.7 Å². The van der Waals surface area contributed by atoms with Crippen molar-refractivity contribution in [2.75, 3.05) is 19.8 Å². The number of unbranched alkanes of at least 4 members (excludes halogenated alkanes) is 3. The SMILES string of the molecule is CC1O[C@@H](OC2[C@H](OCCCCCCC(=O)O)OC(CO)[C@H](O)[C@@H]2O[C@H]2OC(CO)[C@H](O)[C@H](O)C2O)C(O)[C@@H](O)[C@@H]1O. The molecule has 0 bridgehead atoms. The fourth-order valence-electron chi connectivity index (χ4n) is 5.02. The molecule has 0 aromatic carbocycles. The van der Waals surface area contributed by atoms with Gasteiger partial charge in [-0.05, 0) is 19.8 Å². The van der Waals surface area contributed by atoms with E-state index >= 15 is 0 Å². The van der Waals surface area contributed by atoms with E-state index in [-0.39, 0.29) is 13.0 Å². The highest BCUT2D eigenvalue weighted by Gasteiger charge is 2.54. The largest absolute Gasteiger partial charge is 0.481 e. The summed E-state index contributed by atoms with van der Waals surface area (Å²) < 4.78 is 34.2. The molecule has 15 atom stereocenters. The summed E-state index contributed by atoms with van der Waals surface area (Å²) in [6.07, 6.45) is -21.2. The molecule has 42 heavy (non-hydrogen) atoms. The first-order valence-corrected chi connectivity index (χ1v) is 14.0. The van der Waals surface area contributed by atoms with Gasteiger partial charge in [-0.15, -0.1) is 0 Å². The molecule has 0 aromatic rings. The number of hydrogen-bond donors (Lipinski definition) is 10. The van der Waals surface area contributed by atoms with Crippen molar-refractivity contribution in [1.82, 2.24) is 0 Å². The van der Waals surface area contributed by atoms with Crippen molar-refractivity contribution < 1.29 is 84.3 Å². The van der Waals surface area contributed by atoms with Crippen LogP contribution in [0.5, 0.6) is 0 Å². The number of aliphatic hydroxyl groups excluding tert-OH is 9. The van der Waals surface area contributed by atoms with Gasteiger partial charge in [-0.3, -0.25) is 4.79 Å². The Hall–Kier alpha value is -1.13. The monoisotopic (exact) mass is 616 g/mol. The van der Waals surface area contributed by atoms with Gasteiger partial charge >= 0.3 is 5.97 Å². The molecule has 0 aliphatic carbocycles. The van der Waals surface area contributed by atoms with Crippen LogP contribution >= 0.6 is 0 Å². The number of carboxylic acids is 1. The van der Waals surface area contributed by atoms with Crippen LogP contribution in [0.25, 0.3) is 0 Å². The van der Waals surface area contributed by atoms with Gasteiger partial charge in [0.15, 0.2) is 18.9 Å². The van der Waals surface area contributed by atoms with Crippen LogP contribution in [0, 0.1) is 0 Å². The minimum absolute atomic E-state index is 0.0260. The fourth-order valence-corrected chi connectivity index (χ4v) is 5.02. The lowest BCUT2D eigenvalue weighted by molar-refractivity contribution is -0.390. The molecule has 3 aliphatic rings. The predicted octanol–water partition coefficient (Wildman–Crippen LogP) is -4.49. The average Bonchev–Trinajstić information content (AvgIpc) is 2.96. The zero-order valence-corrected chi connectivity index (χ0v) is 23.1. The number of carboxylic acid groups (broad SMARTS) is 1. The van der Waals surface area contributed by atoms with Crippen molar-refractivity contribution in [2.24, 2.45) is 0 Å². The maximum absolute atomic E-state index is 11.0. The summed E-state index contributed by atoms with van der Waals surface area (Å²) in [5, 5.41) is 101. The average molecular weight is 617 g/mol. The number of ether oxygens (including phenoxy) is 6. The van der Waals surface area contributed by atoms with Crippen LogP contribution in [-0.4, -0.2) is 169 Å². The van der Waals surface area contributed by atoms with Gasteiger partial charge in [0, 0.05) is 13.0 Å². The van der Waals surface area contributed by atoms with E-state index in [1.54, 1.807) is 0 Å². The Kier molecular flexibility index (Phi) is 13.7. The number of carbonyl (C=O) groups is 1. The minimum atomic E-state index is -1.86. The first kappa shape index (κ1) is 35.4. The Morgan fingerprint density at radius 1 is 0.619 bits per heavy atom. The molecule has 3 fully saturated rings. The highest BCUT2D eigenvalue weighted by atomic mass is 16.8. The fraction of sp³-hybridized carbons (Fsp3) is 0.960. The summed E-state index contributed by atoms with van der Waals surface area (Å²) in [5.74, 6) is -0.903. The third-order valence-electron chi connectivity index (χ3n) is 7.60. The number of hydrogen-bond acceptors (Lipinski definition) is 16. The van der Waals surface area contributed by atoms with Gasteiger partial charge in [-0.2, -0.15) is 0 Å². The molecular formula is C25H44O17. The van der Waals surface area contributed by atoms with Crippen LogP contribution in [0.3, 0.4) is 0 Å². The topological polar surface area (TPSA) is 275 Å². The summed E-state index contributed by atoms with van der Waals surface area (Å²) in [6, 6.07) is 0. The highest BCUT2D eigenvalue weighted by molar-refractivity contribution is 5.66. The van der Waals surface area contributed by atoms with Gasteiger partial charge in [0.1, 0.15) is 67.1 Å². The molecule has 246 valence electrons. The highest BCUT2D eigenvalue weighted by Crippen LogP contribution is 2.33. The van der Waals surface area contributed by atoms with E-state index in [4.69, 9.17) is 33.5 Å². The molecule has 17 nitrogen and oxygen atoms in total. The molecule has 3 heterocycles. The van der Waals surface area contributed by atoms with E-state index in [1.165, 1.54) is 6.92 Å². The van der Waals surface area contributed by atoms with Crippen molar-refractivity contribution in [3.63, 3.8) is 0 Å². The molecule has 0 spiro atoms. The molecular weight excluding hydrogens is 572 g/mol. The minimum Gasteiger partial charge on any atom is -0.481 e. The van der Waals surface area contributed by atoms with Gasteiger partial charge < -0.3 is 79.5 Å². The Labute approximate surface area is 241 Å². The van der Waals surface area contributed by atoms with Gasteiger partial charge in [0.05, 0.1) is 19.3 Å². The van der Waals surface area contributed by atoms with Gasteiger partial charge in [-0.25, -0.2) is 0 Å². The molecule has 10 N–H and O–H groups in total. The van der Waals surface area contributed by atoms with Crippen LogP contribution in [0.15, 0.2) is 0 Å². The molecule has 3 saturated heterocycles. The number of aliphatic hydroxyl groups is 9. The van der Waals surface area contributed by atoms with E-state index < -0.39 is 111 Å². The second-order valence-electron chi connectivity index (χ2n) is 10.7. The van der Waals surface area contributed by atoms with Crippen LogP contribution in [0.2, 0.25) is 0 Å². The predicted molar refractivity (Wildman–Crippen MR) is 134 cm³/mol. The summed E-state index contributed by atoms with van der Waals surface area (Å²) in [7, 11) is 0. The van der Waals surface area contributed by atoms with Crippen LogP contribution < -0.4 is 0 Å². The Morgan fingerprint density at radius 3 is 1.76 bits per heavy atom. The van der Waals surface area contributed by atoms with Gasteiger partial charge in [0.25, 0.3) is 0 Å². The first-order valence-electron chi connectivity index (χ1n) is 14.0. The van der Waals surface area contributed by atoms with Crippen LogP contribution in [0.1, 0.15) is 39.0 Å². The Morgan fingerprint density at radius 2 is 1.14 bits per heavy atom. The second kappa shape index (κ2) is 16.3. The Balaban J connectivity index is 1.81. The van der Waals surface area contributed by atoms with E-state index in [9.17, 15) is 50.8 Å². The summed E-state index contributed by atoms with van der Waals surface area (Å²) in [5.41, 5.74) is 0. The molecule has 17 heteroatoms. The number of aliphatic carboxylic acids is 1. The second-order valence-corrected chi connectivity index (χ2v) is 10.7. The van der Waals surface area contributed by atoms with Crippen molar-refractivity contribution >= 4 is 5.97 Å². The molecule has 3 rings (SSSR count). The maximum atomic E-state index is 11.0. The van der Waals surface area contributed by atoms with Crippen molar-refractivity contribution in [1.29, 1.82) is 0 Å². The molecule has 0 radical (unpaired) electrons. The quantitative estimate of drug-likeness (QED) is 0.0824. The lowest BCUT2D eigenvalue weighted by Crippen LogP contribution is -2.67. The normalized spacial score (nSPS) is 44.7. The van der Waals surface area contributed by atoms with Crippen LogP contribution in [-0.2, 0) is 33.2 Å². The molecule has 6 unspecified atom stereocenters. The Bertz CT molecular complexity index is 818. The van der Waals surface area contributed by atoms with E-state index in [1.807, 2.05) is 0 Å². The summed E-state index contributed by atoms with van der Waals surface area (Å²) in [4.78, 5) is 10.7. The summed E-state index contributed by atoms with van der Waals surface area (Å²) >= 11 is 0. The zero-order valence-electron chi connectivity index (χ0n) is 23.1. The van der Waals surface area contributed by atoms with Crippen molar-refractivity contribution in [3.8, 4) is 0 Å². The van der Waals surface area contributed by atoms with E-state index in [0.717, 1.165) is 0 Å². The third kappa shape index (κ3) is 8.52. The molecule has 0 aromatic heterocycles. The maximum Gasteiger partial charge on any atom is 0.303 e. The summed E-state index contributed by atoms with van der Waals surface area (Å²) in [6.45, 7) is -0.00441. The van der Waals surface area contributed by atoms with Crippen molar-refractivity contribution in [2.45, 2.75) is 131 Å². The van der Waals surface area contributed by atoms with Crippen molar-refractivity contribution in [3.05, 3.63) is 0 Å². The smallest absolute Gasteiger partial charge is 0.303 e. The van der Waals surface area contributed by atoms with E-state index in [2.05, 4.69) is 0 Å². The zero-order chi connectivity index (χ0) is 31.1. The third-order valence-corrected chi connectivity index (χ3v) is 7.60. The van der Waals surface area contributed by atoms with Crippen LogP contribution in [0.4, 0.5) is 0 Å².